The summed E-state index contributed by atoms with van der Waals surface area (Å²) in [5, 5.41) is 6.97. The third kappa shape index (κ3) is 6.49. The summed E-state index contributed by atoms with van der Waals surface area (Å²) in [4.78, 5) is 9.51. The molecule has 0 amide bonds. The number of hydrogen-bond donors (Lipinski definition) is 2. The van der Waals surface area contributed by atoms with Crippen LogP contribution in [0.15, 0.2) is 53.5 Å². The lowest BCUT2D eigenvalue weighted by molar-refractivity contribution is 0.402. The molecular weight excluding hydrogens is 370 g/mol. The highest BCUT2D eigenvalue weighted by Gasteiger charge is 2.14. The smallest absolute Gasteiger partial charge is 0.192 e. The Hall–Kier alpha value is -2.53. The van der Waals surface area contributed by atoms with E-state index >= 15 is 0 Å². The Bertz CT molecular complexity index is 824. The van der Waals surface area contributed by atoms with Gasteiger partial charge in [-0.3, -0.25) is 0 Å². The van der Waals surface area contributed by atoms with Crippen LogP contribution in [0.1, 0.15) is 49.4 Å². The summed E-state index contributed by atoms with van der Waals surface area (Å²) in [5.74, 6) is 0.856. The minimum Gasteiger partial charge on any atom is -0.372 e. The van der Waals surface area contributed by atoms with Crippen LogP contribution < -0.4 is 15.5 Å². The second-order valence-corrected chi connectivity index (χ2v) is 8.41. The molecule has 1 atom stereocenters. The van der Waals surface area contributed by atoms with Gasteiger partial charge in [0, 0.05) is 31.9 Å². The van der Waals surface area contributed by atoms with Gasteiger partial charge < -0.3 is 20.4 Å². The molecule has 1 heterocycles. The Morgan fingerprint density at radius 1 is 1.07 bits per heavy atom. The molecule has 2 N–H and O–H groups in total. The number of aliphatic imine (C=N–C) groups is 1. The van der Waals surface area contributed by atoms with Gasteiger partial charge in [0.15, 0.2) is 5.96 Å². The molecule has 1 aliphatic heterocycles. The van der Waals surface area contributed by atoms with E-state index < -0.39 is 0 Å². The molecule has 5 heteroatoms. The molecular formula is C25H37N5. The van der Waals surface area contributed by atoms with Crippen LogP contribution in [0.25, 0.3) is 0 Å². The second kappa shape index (κ2) is 11.0. The van der Waals surface area contributed by atoms with Crippen molar-refractivity contribution in [3.63, 3.8) is 0 Å². The third-order valence-corrected chi connectivity index (χ3v) is 5.45. The van der Waals surface area contributed by atoms with E-state index in [9.17, 15) is 0 Å². The maximum atomic E-state index is 4.84. The van der Waals surface area contributed by atoms with Gasteiger partial charge in [-0.25, -0.2) is 4.99 Å². The summed E-state index contributed by atoms with van der Waals surface area (Å²) < 4.78 is 0. The SMILES string of the molecule is CCNC(=NCc1cccc(CN(C)C)c1)NC(C)c1cccc(N2CCCC2)c1. The van der Waals surface area contributed by atoms with Crippen LogP contribution in [-0.2, 0) is 13.1 Å². The summed E-state index contributed by atoms with van der Waals surface area (Å²) in [6.07, 6.45) is 2.59. The fourth-order valence-electron chi connectivity index (χ4n) is 3.94. The highest BCUT2D eigenvalue weighted by molar-refractivity contribution is 5.80. The van der Waals surface area contributed by atoms with E-state index in [2.05, 4.69) is 96.9 Å². The molecule has 3 rings (SSSR count). The van der Waals surface area contributed by atoms with Crippen molar-refractivity contribution in [1.82, 2.24) is 15.5 Å². The van der Waals surface area contributed by atoms with Gasteiger partial charge in [0.05, 0.1) is 12.6 Å². The number of benzene rings is 2. The first-order valence-corrected chi connectivity index (χ1v) is 11.2. The lowest BCUT2D eigenvalue weighted by Gasteiger charge is -2.22. The molecule has 0 saturated carbocycles. The number of nitrogens with one attached hydrogen (secondary N) is 2. The first kappa shape index (κ1) is 22.2. The molecule has 1 unspecified atom stereocenters. The number of rotatable bonds is 8. The lowest BCUT2D eigenvalue weighted by atomic mass is 10.1. The van der Waals surface area contributed by atoms with Crippen LogP contribution in [0, 0.1) is 0 Å². The van der Waals surface area contributed by atoms with Crippen molar-refractivity contribution >= 4 is 11.6 Å². The first-order chi connectivity index (χ1) is 14.5. The van der Waals surface area contributed by atoms with E-state index in [-0.39, 0.29) is 6.04 Å². The Morgan fingerprint density at radius 3 is 2.53 bits per heavy atom. The van der Waals surface area contributed by atoms with Gasteiger partial charge >= 0.3 is 0 Å². The Balaban J connectivity index is 1.66. The molecule has 2 aromatic carbocycles. The zero-order valence-electron chi connectivity index (χ0n) is 19.0. The van der Waals surface area contributed by atoms with Crippen molar-refractivity contribution in [2.45, 2.75) is 45.8 Å². The van der Waals surface area contributed by atoms with Crippen molar-refractivity contribution < 1.29 is 0 Å². The minimum absolute atomic E-state index is 0.186. The van der Waals surface area contributed by atoms with Crippen molar-refractivity contribution in [2.75, 3.05) is 38.6 Å². The van der Waals surface area contributed by atoms with Gasteiger partial charge in [0.1, 0.15) is 0 Å². The summed E-state index contributed by atoms with van der Waals surface area (Å²) in [5.41, 5.74) is 5.17. The molecule has 1 saturated heterocycles. The summed E-state index contributed by atoms with van der Waals surface area (Å²) in [6.45, 7) is 9.09. The largest absolute Gasteiger partial charge is 0.372 e. The fourth-order valence-corrected chi connectivity index (χ4v) is 3.94. The average molecular weight is 408 g/mol. The zero-order valence-corrected chi connectivity index (χ0v) is 19.0. The summed E-state index contributed by atoms with van der Waals surface area (Å²) >= 11 is 0. The van der Waals surface area contributed by atoms with Gasteiger partial charge in [0.25, 0.3) is 0 Å². The summed E-state index contributed by atoms with van der Waals surface area (Å²) in [7, 11) is 4.19. The fraction of sp³-hybridized carbons (Fsp3) is 0.480. The molecule has 0 aromatic heterocycles. The highest BCUT2D eigenvalue weighted by atomic mass is 15.2. The van der Waals surface area contributed by atoms with E-state index in [1.54, 1.807) is 0 Å². The maximum Gasteiger partial charge on any atom is 0.192 e. The predicted octanol–water partition coefficient (Wildman–Crippen LogP) is 4.16. The van der Waals surface area contributed by atoms with Crippen LogP contribution in [0.5, 0.6) is 0 Å². The quantitative estimate of drug-likeness (QED) is 0.509. The standard InChI is InChI=1S/C25H37N5/c1-5-26-25(27-18-21-10-8-11-22(16-21)19-29(3)4)28-20(2)23-12-9-13-24(17-23)30-14-6-7-15-30/h8-13,16-17,20H,5-7,14-15,18-19H2,1-4H3,(H2,26,27,28). The van der Waals surface area contributed by atoms with Crippen molar-refractivity contribution in [2.24, 2.45) is 4.99 Å². The van der Waals surface area contributed by atoms with E-state index in [0.29, 0.717) is 6.54 Å². The Kier molecular flexibility index (Phi) is 8.14. The van der Waals surface area contributed by atoms with Gasteiger partial charge in [-0.2, -0.15) is 0 Å². The van der Waals surface area contributed by atoms with Crippen LogP contribution in [0.3, 0.4) is 0 Å². The van der Waals surface area contributed by atoms with Gasteiger partial charge in [0.2, 0.25) is 0 Å². The average Bonchev–Trinajstić information content (AvgIpc) is 3.27. The van der Waals surface area contributed by atoms with Gasteiger partial charge in [-0.1, -0.05) is 36.4 Å². The van der Waals surface area contributed by atoms with Crippen LogP contribution in [0.4, 0.5) is 5.69 Å². The predicted molar refractivity (Wildman–Crippen MR) is 128 cm³/mol. The van der Waals surface area contributed by atoms with E-state index in [4.69, 9.17) is 4.99 Å². The number of nitrogens with zero attached hydrogens (tertiary/aromatic N) is 3. The molecule has 0 aliphatic carbocycles. The summed E-state index contributed by atoms with van der Waals surface area (Å²) in [6, 6.07) is 17.8. The van der Waals surface area contributed by atoms with Crippen molar-refractivity contribution in [3.8, 4) is 0 Å². The van der Waals surface area contributed by atoms with E-state index in [1.807, 2.05) is 0 Å². The molecule has 0 bridgehead atoms. The van der Waals surface area contributed by atoms with Crippen molar-refractivity contribution in [1.29, 1.82) is 0 Å². The van der Waals surface area contributed by atoms with E-state index in [1.165, 1.54) is 48.3 Å². The van der Waals surface area contributed by atoms with Crippen LogP contribution in [0.2, 0.25) is 0 Å². The maximum absolute atomic E-state index is 4.84. The molecule has 30 heavy (non-hydrogen) atoms. The van der Waals surface area contributed by atoms with Crippen molar-refractivity contribution in [3.05, 3.63) is 65.2 Å². The van der Waals surface area contributed by atoms with Crippen LogP contribution >= 0.6 is 0 Å². The monoisotopic (exact) mass is 407 g/mol. The second-order valence-electron chi connectivity index (χ2n) is 8.41. The first-order valence-electron chi connectivity index (χ1n) is 11.2. The third-order valence-electron chi connectivity index (χ3n) is 5.45. The molecule has 1 fully saturated rings. The Labute approximate surface area is 182 Å². The molecule has 0 spiro atoms. The Morgan fingerprint density at radius 2 is 1.80 bits per heavy atom. The molecule has 1 aliphatic rings. The minimum atomic E-state index is 0.186. The normalized spacial score (nSPS) is 15.5. The highest BCUT2D eigenvalue weighted by Crippen LogP contribution is 2.24. The number of anilines is 1. The number of hydrogen-bond acceptors (Lipinski definition) is 3. The van der Waals surface area contributed by atoms with E-state index in [0.717, 1.165) is 19.0 Å². The topological polar surface area (TPSA) is 42.9 Å². The van der Waals surface area contributed by atoms with Crippen LogP contribution in [-0.4, -0.2) is 44.6 Å². The number of guanidine groups is 1. The molecule has 5 nitrogen and oxygen atoms in total. The zero-order chi connectivity index (χ0) is 21.3. The molecule has 162 valence electrons. The molecule has 2 aromatic rings. The lowest BCUT2D eigenvalue weighted by Crippen LogP contribution is -2.38. The van der Waals surface area contributed by atoms with Gasteiger partial charge in [-0.05, 0) is 69.6 Å². The molecule has 0 radical (unpaired) electrons. The van der Waals surface area contributed by atoms with Gasteiger partial charge in [-0.15, -0.1) is 0 Å².